The van der Waals surface area contributed by atoms with E-state index in [1.807, 2.05) is 140 Å². The van der Waals surface area contributed by atoms with Gasteiger partial charge in [-0.1, -0.05) is 97.1 Å². The fraction of sp³-hybridized carbons (Fsp3) is 0. The van der Waals surface area contributed by atoms with Gasteiger partial charge in [0.1, 0.15) is 11.0 Å². The topological polar surface area (TPSA) is 12.9 Å². The Morgan fingerprint density at radius 2 is 0.442 bits per heavy atom. The van der Waals surface area contributed by atoms with Crippen molar-refractivity contribution in [1.82, 2.24) is 4.98 Å². The first-order valence-electron chi connectivity index (χ1n) is 16.3. The van der Waals surface area contributed by atoms with E-state index in [1.165, 1.54) is 0 Å². The summed E-state index contributed by atoms with van der Waals surface area (Å²) in [6.45, 7) is 0. The van der Waals surface area contributed by atoms with Gasteiger partial charge in [-0.05, 0) is 140 Å². The first-order valence-corrected chi connectivity index (χ1v) is 16.3. The second-order valence-electron chi connectivity index (χ2n) is 11.3. The Morgan fingerprint density at radius 1 is 0.231 bits per heavy atom. The molecule has 0 unspecified atom stereocenters. The van der Waals surface area contributed by atoms with Crippen LogP contribution in [0.1, 0.15) is 0 Å². The smallest absolute Gasteiger partial charge is 0.115 e. The van der Waals surface area contributed by atoms with Crippen molar-refractivity contribution in [3.8, 4) is 0 Å². The van der Waals surface area contributed by atoms with Gasteiger partial charge in [0.2, 0.25) is 0 Å². The van der Waals surface area contributed by atoms with Gasteiger partial charge in [0.25, 0.3) is 0 Å². The average molecular weight is 650 g/mol. The second kappa shape index (κ2) is 16.2. The van der Waals surface area contributed by atoms with Crippen molar-refractivity contribution in [2.75, 3.05) is 0 Å². The quantitative estimate of drug-likeness (QED) is 0.159. The number of benzene rings is 5. The summed E-state index contributed by atoms with van der Waals surface area (Å²) in [6, 6.07) is 94.7. The van der Waals surface area contributed by atoms with Gasteiger partial charge in [-0.15, -0.1) is 0 Å². The van der Waals surface area contributed by atoms with Gasteiger partial charge in [0, 0.05) is 53.9 Å². The minimum atomic E-state index is 0.627. The molecule has 0 amide bonds. The monoisotopic (exact) mass is 649 g/mol. The summed E-state index contributed by atoms with van der Waals surface area (Å²) >= 11 is 0. The van der Waals surface area contributed by atoms with Crippen LogP contribution in [0.15, 0.2) is 140 Å². The van der Waals surface area contributed by atoms with E-state index in [9.17, 15) is 0 Å². The van der Waals surface area contributed by atoms with E-state index in [4.69, 9.17) is 0 Å². The summed E-state index contributed by atoms with van der Waals surface area (Å²) in [4.78, 5) is 4.62. The van der Waals surface area contributed by atoms with E-state index >= 15 is 0 Å². The molecule has 1 heteroatoms. The molecule has 0 aliphatic carbocycles. The number of nitrogens with zero attached hydrogens (tertiary/aromatic N) is 1. The predicted octanol–water partition coefficient (Wildman–Crippen LogP) is 11.0. The Balaban J connectivity index is 1.33. The van der Waals surface area contributed by atoms with Crippen molar-refractivity contribution in [2.24, 2.45) is 0 Å². The predicted molar refractivity (Wildman–Crippen MR) is 208 cm³/mol. The molecule has 7 rings (SSSR count). The van der Waals surface area contributed by atoms with E-state index in [0.717, 1.165) is 53.9 Å². The fourth-order valence-electron chi connectivity index (χ4n) is 4.92. The molecular weight excluding hydrogens is 627 g/mol. The minimum Gasteiger partial charge on any atom is -0.231 e. The molecule has 0 fully saturated rings. The maximum atomic E-state index is 4.62. The van der Waals surface area contributed by atoms with Crippen LogP contribution in [0.3, 0.4) is 0 Å². The molecule has 2 heterocycles. The molecule has 0 atom stereocenters. The minimum absolute atomic E-state index is 0.627. The van der Waals surface area contributed by atoms with Crippen LogP contribution >= 0.6 is 0 Å². The number of fused-ring (bicyclic) bond motifs is 12. The van der Waals surface area contributed by atoms with Crippen LogP contribution in [0.25, 0.3) is 64.9 Å². The Labute approximate surface area is 305 Å². The molecule has 0 radical (unpaired) electrons. The van der Waals surface area contributed by atoms with E-state index in [2.05, 4.69) is 102 Å². The standard InChI is InChI=1S/C51H23N/c1-3-13-42-17-7-23-48(37-42)31-33-50-25-10-26-51(52-50)34-32-49-24-8-18-43(38-49)14-4-2-12-41-16-6-20-45(36-41)28-30-47-22-9-21-46(39-47)29-27-44-19-5-15-40(11-1)35-44/h5-10,15-26,35-39H. The molecule has 0 spiro atoms. The van der Waals surface area contributed by atoms with E-state index in [-0.39, 0.29) is 0 Å². The van der Waals surface area contributed by atoms with Crippen LogP contribution in [0.4, 0.5) is 0 Å². The molecule has 2 aromatic heterocycles. The van der Waals surface area contributed by atoms with E-state index in [0.29, 0.717) is 11.0 Å². The van der Waals surface area contributed by atoms with Gasteiger partial charge >= 0.3 is 0 Å². The number of rotatable bonds is 0. The van der Waals surface area contributed by atoms with Crippen molar-refractivity contribution in [3.63, 3.8) is 0 Å². The zero-order valence-electron chi connectivity index (χ0n) is 27.7. The number of pyridine rings is 1. The van der Waals surface area contributed by atoms with Gasteiger partial charge in [-0.3, -0.25) is 0 Å². The van der Waals surface area contributed by atoms with Gasteiger partial charge < -0.3 is 0 Å². The summed E-state index contributed by atoms with van der Waals surface area (Å²) < 4.78 is 0. The van der Waals surface area contributed by atoms with Crippen molar-refractivity contribution < 1.29 is 0 Å². The third-order valence-electron chi connectivity index (χ3n) is 7.39. The zero-order chi connectivity index (χ0) is 35.2. The van der Waals surface area contributed by atoms with E-state index in [1.54, 1.807) is 0 Å². The largest absolute Gasteiger partial charge is 0.231 e. The number of hydrogen-bond acceptors (Lipinski definition) is 1. The maximum absolute atomic E-state index is 4.62. The third kappa shape index (κ3) is 9.42. The zero-order valence-corrected chi connectivity index (χ0v) is 27.7. The molecule has 0 N–H and O–H groups in total. The van der Waals surface area contributed by atoms with Crippen molar-refractivity contribution in [3.05, 3.63) is 237 Å². The lowest BCUT2D eigenvalue weighted by atomic mass is 10.2. The number of hydrogen-bond donors (Lipinski definition) is 0. The highest BCUT2D eigenvalue weighted by atomic mass is 14.7. The second-order valence-corrected chi connectivity index (χ2v) is 11.3. The Hall–Kier alpha value is -8.27. The Bertz CT molecular complexity index is 2390. The Morgan fingerprint density at radius 3 is 0.712 bits per heavy atom. The van der Waals surface area contributed by atoms with Crippen LogP contribution < -0.4 is 0 Å². The van der Waals surface area contributed by atoms with Gasteiger partial charge in [0.15, 0.2) is 0 Å². The van der Waals surface area contributed by atoms with Crippen LogP contribution in [0, 0.1) is 97.1 Å². The average Bonchev–Trinajstić information content (AvgIpc) is 3.19. The lowest BCUT2D eigenvalue weighted by Gasteiger charge is -1.85. The molecule has 5 aromatic carbocycles. The molecule has 12 bridgehead atoms. The lowest BCUT2D eigenvalue weighted by molar-refractivity contribution is 1.48. The van der Waals surface area contributed by atoms with Crippen LogP contribution in [-0.2, 0) is 0 Å². The van der Waals surface area contributed by atoms with Crippen LogP contribution in [0.2, 0.25) is 0 Å². The van der Waals surface area contributed by atoms with Crippen molar-refractivity contribution >= 4 is 64.9 Å². The lowest BCUT2D eigenvalue weighted by Crippen LogP contribution is -1.70. The van der Waals surface area contributed by atoms with Crippen molar-refractivity contribution in [2.45, 2.75) is 0 Å². The van der Waals surface area contributed by atoms with Gasteiger partial charge in [0.05, 0.1) is 0 Å². The van der Waals surface area contributed by atoms with Crippen molar-refractivity contribution in [1.29, 1.82) is 0 Å². The molecular formula is C51H23N. The molecule has 0 aliphatic heterocycles. The van der Waals surface area contributed by atoms with E-state index < -0.39 is 0 Å². The first-order chi connectivity index (χ1) is 25.7. The van der Waals surface area contributed by atoms with Crippen LogP contribution in [0.5, 0.6) is 0 Å². The molecule has 52 heavy (non-hydrogen) atoms. The highest BCUT2D eigenvalue weighted by molar-refractivity contribution is 5.69. The normalized spacial score (nSPS) is 9.08. The Kier molecular flexibility index (Phi) is 10.1. The fourth-order valence-corrected chi connectivity index (χ4v) is 4.92. The summed E-state index contributed by atoms with van der Waals surface area (Å²) in [5, 5.41) is 8.46. The SMILES string of the molecule is c1c#cc2cccc(c#cc3cccc(c#cc4cccc(c#cc#cc5cccc(c#cc6cccc(c#cc7cccc(c#1)c7)c6)c5)c4)n3)c2. The first kappa shape index (κ1) is 32.3. The molecule has 0 saturated heterocycles. The summed E-state index contributed by atoms with van der Waals surface area (Å²) in [5.41, 5.74) is 1.25. The molecule has 0 saturated carbocycles. The highest BCUT2D eigenvalue weighted by Gasteiger charge is 1.86. The third-order valence-corrected chi connectivity index (χ3v) is 7.39. The highest BCUT2D eigenvalue weighted by Crippen LogP contribution is 2.07. The van der Waals surface area contributed by atoms with Gasteiger partial charge in [-0.25, -0.2) is 4.98 Å². The summed E-state index contributed by atoms with van der Waals surface area (Å²) in [6.07, 6.45) is 0. The van der Waals surface area contributed by atoms with Gasteiger partial charge in [-0.2, -0.15) is 0 Å². The summed E-state index contributed by atoms with van der Waals surface area (Å²) in [7, 11) is 0. The summed E-state index contributed by atoms with van der Waals surface area (Å²) in [5.74, 6) is 0. The maximum Gasteiger partial charge on any atom is 0.115 e. The molecule has 1 nitrogen and oxygen atoms in total. The molecule has 7 aromatic rings. The molecule has 232 valence electrons. The van der Waals surface area contributed by atoms with Crippen LogP contribution in [-0.4, -0.2) is 4.98 Å². The molecule has 0 aliphatic rings. The number of aromatic nitrogens is 1.